The maximum atomic E-state index is 13.2. The number of nitrogens with zero attached hydrogens (tertiary/aromatic N) is 3. The molecule has 1 saturated heterocycles. The van der Waals surface area contributed by atoms with Crippen LogP contribution in [-0.2, 0) is 16.6 Å². The highest BCUT2D eigenvalue weighted by molar-refractivity contribution is 7.89. The third-order valence-corrected chi connectivity index (χ3v) is 7.90. The van der Waals surface area contributed by atoms with Gasteiger partial charge in [0.15, 0.2) is 11.5 Å². The fraction of sp³-hybridized carbons (Fsp3) is 0.400. The molecule has 188 valence electrons. The number of aromatic nitrogens is 1. The first kappa shape index (κ1) is 25.0. The molecule has 2 heterocycles. The minimum Gasteiger partial charge on any atom is -0.494 e. The number of aryl methyl sites for hydroxylation is 1. The lowest BCUT2D eigenvalue weighted by Gasteiger charge is -2.33. The first-order valence-corrected chi connectivity index (χ1v) is 12.9. The topological polar surface area (TPSA) is 94.3 Å². The van der Waals surface area contributed by atoms with Crippen LogP contribution in [0.25, 0.3) is 11.5 Å². The standard InChI is InChI=1S/C25H31N3O6S/c1-5-33-20-8-6-19(7-9-20)25-26-22(18(2)34-25)17-27-12-14-28(15-13-27)35(29,30)21-10-11-23(31-3)24(16-21)32-4/h6-11,16H,5,12-15,17H2,1-4H3. The molecule has 0 saturated carbocycles. The quantitative estimate of drug-likeness (QED) is 0.439. The van der Waals surface area contributed by atoms with E-state index in [4.69, 9.17) is 23.6 Å². The van der Waals surface area contributed by atoms with Crippen molar-refractivity contribution >= 4 is 10.0 Å². The number of ether oxygens (including phenoxy) is 3. The summed E-state index contributed by atoms with van der Waals surface area (Å²) in [5.41, 5.74) is 1.73. The van der Waals surface area contributed by atoms with Gasteiger partial charge in [-0.3, -0.25) is 4.90 Å². The smallest absolute Gasteiger partial charge is 0.243 e. The molecule has 10 heteroatoms. The number of methoxy groups -OCH3 is 2. The number of hydrogen-bond acceptors (Lipinski definition) is 8. The zero-order valence-electron chi connectivity index (χ0n) is 20.5. The zero-order chi connectivity index (χ0) is 25.0. The Morgan fingerprint density at radius 2 is 1.66 bits per heavy atom. The molecule has 0 radical (unpaired) electrons. The van der Waals surface area contributed by atoms with Gasteiger partial charge in [-0.15, -0.1) is 0 Å². The van der Waals surface area contributed by atoms with Crippen LogP contribution in [0.3, 0.4) is 0 Å². The largest absolute Gasteiger partial charge is 0.494 e. The van der Waals surface area contributed by atoms with Crippen molar-refractivity contribution in [2.24, 2.45) is 0 Å². The summed E-state index contributed by atoms with van der Waals surface area (Å²) in [6.07, 6.45) is 0. The predicted molar refractivity (Wildman–Crippen MR) is 131 cm³/mol. The van der Waals surface area contributed by atoms with Crippen LogP contribution in [0.1, 0.15) is 18.4 Å². The maximum Gasteiger partial charge on any atom is 0.243 e. The van der Waals surface area contributed by atoms with E-state index in [2.05, 4.69) is 4.90 Å². The molecule has 9 nitrogen and oxygen atoms in total. The second-order valence-electron chi connectivity index (χ2n) is 8.18. The molecule has 1 aliphatic rings. The van der Waals surface area contributed by atoms with Crippen LogP contribution >= 0.6 is 0 Å². The van der Waals surface area contributed by atoms with E-state index in [1.165, 1.54) is 24.6 Å². The van der Waals surface area contributed by atoms with Gasteiger partial charge in [0.05, 0.1) is 31.4 Å². The van der Waals surface area contributed by atoms with Crippen molar-refractivity contribution in [2.75, 3.05) is 47.0 Å². The molecule has 0 unspecified atom stereocenters. The number of rotatable bonds is 9. The third-order valence-electron chi connectivity index (χ3n) is 6.00. The molecular formula is C25H31N3O6S. The lowest BCUT2D eigenvalue weighted by Crippen LogP contribution is -2.48. The average Bonchev–Trinajstić information content (AvgIpc) is 3.24. The van der Waals surface area contributed by atoms with Crippen molar-refractivity contribution in [1.82, 2.24) is 14.2 Å². The Morgan fingerprint density at radius 1 is 0.971 bits per heavy atom. The molecule has 0 atom stereocenters. The first-order valence-electron chi connectivity index (χ1n) is 11.5. The summed E-state index contributed by atoms with van der Waals surface area (Å²) in [5.74, 6) is 3.01. The zero-order valence-corrected chi connectivity index (χ0v) is 21.3. The van der Waals surface area contributed by atoms with E-state index in [1.807, 2.05) is 38.1 Å². The lowest BCUT2D eigenvalue weighted by atomic mass is 10.2. The lowest BCUT2D eigenvalue weighted by molar-refractivity contribution is 0.179. The van der Waals surface area contributed by atoms with E-state index in [9.17, 15) is 8.42 Å². The Bertz CT molecular complexity index is 1250. The Balaban J connectivity index is 1.40. The van der Waals surface area contributed by atoms with Gasteiger partial charge in [0.1, 0.15) is 11.5 Å². The first-order chi connectivity index (χ1) is 16.8. The minimum absolute atomic E-state index is 0.191. The molecule has 1 fully saturated rings. The van der Waals surface area contributed by atoms with Crippen LogP contribution in [0.15, 0.2) is 51.8 Å². The Kier molecular flexibility index (Phi) is 7.63. The van der Waals surface area contributed by atoms with Gasteiger partial charge in [-0.05, 0) is 50.2 Å². The average molecular weight is 502 g/mol. The van der Waals surface area contributed by atoms with Crippen molar-refractivity contribution in [2.45, 2.75) is 25.3 Å². The van der Waals surface area contributed by atoms with Gasteiger partial charge in [-0.1, -0.05) is 0 Å². The molecular weight excluding hydrogens is 470 g/mol. The normalized spacial score (nSPS) is 15.2. The van der Waals surface area contributed by atoms with Gasteiger partial charge in [0.25, 0.3) is 0 Å². The molecule has 0 N–H and O–H groups in total. The van der Waals surface area contributed by atoms with E-state index in [-0.39, 0.29) is 4.90 Å². The number of piperazine rings is 1. The monoisotopic (exact) mass is 501 g/mol. The summed E-state index contributed by atoms with van der Waals surface area (Å²) >= 11 is 0. The Hall–Kier alpha value is -3.08. The van der Waals surface area contributed by atoms with Crippen LogP contribution in [0.5, 0.6) is 17.2 Å². The minimum atomic E-state index is -3.64. The van der Waals surface area contributed by atoms with Crippen molar-refractivity contribution in [3.8, 4) is 28.7 Å². The van der Waals surface area contributed by atoms with E-state index >= 15 is 0 Å². The number of sulfonamides is 1. The van der Waals surface area contributed by atoms with Gasteiger partial charge in [-0.25, -0.2) is 13.4 Å². The molecule has 0 amide bonds. The number of benzene rings is 2. The summed E-state index contributed by atoms with van der Waals surface area (Å²) in [6, 6.07) is 12.3. The van der Waals surface area contributed by atoms with Crippen molar-refractivity contribution in [3.63, 3.8) is 0 Å². The summed E-state index contributed by atoms with van der Waals surface area (Å²) in [4.78, 5) is 7.07. The van der Waals surface area contributed by atoms with Crippen molar-refractivity contribution in [3.05, 3.63) is 53.9 Å². The van der Waals surface area contributed by atoms with E-state index in [0.717, 1.165) is 22.8 Å². The molecule has 35 heavy (non-hydrogen) atoms. The van der Waals surface area contributed by atoms with Gasteiger partial charge in [-0.2, -0.15) is 4.31 Å². The third kappa shape index (κ3) is 5.44. The number of hydrogen-bond donors (Lipinski definition) is 0. The van der Waals surface area contributed by atoms with Crippen LogP contribution in [0.4, 0.5) is 0 Å². The predicted octanol–water partition coefficient (Wildman–Crippen LogP) is 3.57. The molecule has 0 spiro atoms. The van der Waals surface area contributed by atoms with Crippen LogP contribution in [0, 0.1) is 6.92 Å². The summed E-state index contributed by atoms with van der Waals surface area (Å²) in [6.45, 7) is 7.02. The van der Waals surface area contributed by atoms with Gasteiger partial charge in [0, 0.05) is 44.4 Å². The molecule has 2 aromatic carbocycles. The Labute approximate surface area is 206 Å². The van der Waals surface area contributed by atoms with Gasteiger partial charge < -0.3 is 18.6 Å². The highest BCUT2D eigenvalue weighted by Gasteiger charge is 2.30. The van der Waals surface area contributed by atoms with Crippen LogP contribution < -0.4 is 14.2 Å². The van der Waals surface area contributed by atoms with E-state index in [1.54, 1.807) is 12.1 Å². The number of oxazole rings is 1. The second-order valence-corrected chi connectivity index (χ2v) is 10.1. The molecule has 0 aliphatic carbocycles. The van der Waals surface area contributed by atoms with Gasteiger partial charge in [0.2, 0.25) is 15.9 Å². The molecule has 0 bridgehead atoms. The van der Waals surface area contributed by atoms with Crippen LogP contribution in [-0.4, -0.2) is 69.6 Å². The fourth-order valence-electron chi connectivity index (χ4n) is 4.02. The van der Waals surface area contributed by atoms with Crippen molar-refractivity contribution < 1.29 is 27.0 Å². The highest BCUT2D eigenvalue weighted by Crippen LogP contribution is 2.31. The van der Waals surface area contributed by atoms with E-state index < -0.39 is 10.0 Å². The fourth-order valence-corrected chi connectivity index (χ4v) is 5.46. The van der Waals surface area contributed by atoms with Crippen LogP contribution in [0.2, 0.25) is 0 Å². The molecule has 3 aromatic rings. The van der Waals surface area contributed by atoms with E-state index in [0.29, 0.717) is 56.7 Å². The SMILES string of the molecule is CCOc1ccc(-c2nc(CN3CCN(S(=O)(=O)c4ccc(OC)c(OC)c4)CC3)c(C)o2)cc1. The summed E-state index contributed by atoms with van der Waals surface area (Å²) in [7, 11) is -0.634. The maximum absolute atomic E-state index is 13.2. The summed E-state index contributed by atoms with van der Waals surface area (Å²) in [5, 5.41) is 0. The molecule has 4 rings (SSSR count). The molecule has 1 aromatic heterocycles. The molecule has 1 aliphatic heterocycles. The van der Waals surface area contributed by atoms with Gasteiger partial charge >= 0.3 is 0 Å². The van der Waals surface area contributed by atoms with Crippen molar-refractivity contribution in [1.29, 1.82) is 0 Å². The summed E-state index contributed by atoms with van der Waals surface area (Å²) < 4.78 is 49.7. The second kappa shape index (κ2) is 10.7. The highest BCUT2D eigenvalue weighted by atomic mass is 32.2. The Morgan fingerprint density at radius 3 is 2.29 bits per heavy atom.